The Morgan fingerprint density at radius 1 is 1.22 bits per heavy atom. The average molecular weight is 375 g/mol. The predicted molar refractivity (Wildman–Crippen MR) is 90.5 cm³/mol. The van der Waals surface area contributed by atoms with Gasteiger partial charge in [0.05, 0.1) is 31.1 Å². The van der Waals surface area contributed by atoms with Crippen molar-refractivity contribution >= 4 is 17.6 Å². The zero-order valence-corrected chi connectivity index (χ0v) is 14.2. The molecule has 27 heavy (non-hydrogen) atoms. The third-order valence-corrected chi connectivity index (χ3v) is 3.73. The molecule has 0 aliphatic heterocycles. The van der Waals surface area contributed by atoms with E-state index in [4.69, 9.17) is 4.74 Å². The predicted octanol–water partition coefficient (Wildman–Crippen LogP) is 2.56. The van der Waals surface area contributed by atoms with E-state index in [0.717, 1.165) is 6.20 Å². The second-order valence-electron chi connectivity index (χ2n) is 5.47. The van der Waals surface area contributed by atoms with Gasteiger partial charge in [0.15, 0.2) is 0 Å². The van der Waals surface area contributed by atoms with Crippen LogP contribution in [0.1, 0.15) is 33.0 Å². The van der Waals surface area contributed by atoms with Gasteiger partial charge >= 0.3 is 12.5 Å². The molecule has 2 aromatic heterocycles. The number of anilines is 1. The fourth-order valence-corrected chi connectivity index (χ4v) is 2.50. The number of carbonyl (C=O) groups excluding carboxylic acids is 2. The Kier molecular flexibility index (Phi) is 5.25. The molecule has 0 aliphatic carbocycles. The van der Waals surface area contributed by atoms with E-state index in [-0.39, 0.29) is 12.2 Å². The van der Waals surface area contributed by atoms with E-state index in [2.05, 4.69) is 15.5 Å². The van der Waals surface area contributed by atoms with Gasteiger partial charge in [0.1, 0.15) is 5.69 Å². The Balaban J connectivity index is 1.73. The van der Waals surface area contributed by atoms with Crippen molar-refractivity contribution < 1.29 is 23.1 Å². The summed E-state index contributed by atoms with van der Waals surface area (Å²) in [5.74, 6) is -1.20. The lowest BCUT2D eigenvalue weighted by Gasteiger charge is -2.08. The number of alkyl halides is 2. The van der Waals surface area contributed by atoms with Crippen molar-refractivity contribution in [2.24, 2.45) is 0 Å². The molecule has 0 unspecified atom stereocenters. The summed E-state index contributed by atoms with van der Waals surface area (Å²) in [6.45, 7) is -2.66. The third kappa shape index (κ3) is 4.00. The van der Waals surface area contributed by atoms with E-state index in [1.54, 1.807) is 24.3 Å². The van der Waals surface area contributed by atoms with E-state index in [1.165, 1.54) is 30.3 Å². The molecule has 0 spiro atoms. The number of carbonyl (C=O) groups is 2. The van der Waals surface area contributed by atoms with Gasteiger partial charge in [-0.25, -0.2) is 4.79 Å². The lowest BCUT2D eigenvalue weighted by molar-refractivity contribution is 0.0520. The second kappa shape index (κ2) is 7.77. The van der Waals surface area contributed by atoms with Crippen molar-refractivity contribution in [1.82, 2.24) is 19.6 Å². The second-order valence-corrected chi connectivity index (χ2v) is 5.47. The molecule has 1 N–H and O–H groups in total. The third-order valence-electron chi connectivity index (χ3n) is 3.73. The smallest absolute Gasteiger partial charge is 0.338 e. The van der Waals surface area contributed by atoms with Crippen LogP contribution in [0.3, 0.4) is 0 Å². The van der Waals surface area contributed by atoms with E-state index < -0.39 is 18.4 Å². The number of hydrogen-bond acceptors (Lipinski definition) is 5. The molecule has 0 radical (unpaired) electrons. The summed E-state index contributed by atoms with van der Waals surface area (Å²) in [6.07, 6.45) is 4.02. The zero-order valence-electron chi connectivity index (χ0n) is 14.2. The van der Waals surface area contributed by atoms with Gasteiger partial charge in [-0.1, -0.05) is 18.2 Å². The first-order valence-electron chi connectivity index (χ1n) is 7.81. The summed E-state index contributed by atoms with van der Waals surface area (Å²) in [6, 6.07) is 8.08. The summed E-state index contributed by atoms with van der Waals surface area (Å²) >= 11 is 0. The maximum atomic E-state index is 12.8. The lowest BCUT2D eigenvalue weighted by Crippen LogP contribution is -2.18. The van der Waals surface area contributed by atoms with E-state index in [1.807, 2.05) is 0 Å². The topological polar surface area (TPSA) is 91.0 Å². The van der Waals surface area contributed by atoms with Gasteiger partial charge in [-0.3, -0.25) is 9.48 Å². The summed E-state index contributed by atoms with van der Waals surface area (Å²) in [5.41, 5.74) is 1.13. The van der Waals surface area contributed by atoms with Crippen LogP contribution in [0.5, 0.6) is 0 Å². The number of rotatable bonds is 6. The highest BCUT2D eigenvalue weighted by Gasteiger charge is 2.18. The Labute approximate surface area is 152 Å². The molecular weight excluding hydrogens is 360 g/mol. The Bertz CT molecular complexity index is 967. The van der Waals surface area contributed by atoms with Crippen molar-refractivity contribution in [3.63, 3.8) is 0 Å². The van der Waals surface area contributed by atoms with Gasteiger partial charge in [0, 0.05) is 12.4 Å². The fourth-order valence-electron chi connectivity index (χ4n) is 2.50. The highest BCUT2D eigenvalue weighted by molar-refractivity contribution is 6.02. The number of methoxy groups -OCH3 is 1. The van der Waals surface area contributed by atoms with Crippen molar-refractivity contribution in [2.75, 3.05) is 12.4 Å². The van der Waals surface area contributed by atoms with E-state index in [9.17, 15) is 18.4 Å². The Hall–Kier alpha value is -3.56. The van der Waals surface area contributed by atoms with Gasteiger partial charge in [0.2, 0.25) is 0 Å². The number of nitrogens with one attached hydrogen (secondary N) is 1. The largest absolute Gasteiger partial charge is 0.465 e. The van der Waals surface area contributed by atoms with Gasteiger partial charge in [0.25, 0.3) is 5.91 Å². The first-order valence-corrected chi connectivity index (χ1v) is 7.81. The number of nitrogens with zero attached hydrogens (tertiary/aromatic N) is 4. The number of hydrogen-bond donors (Lipinski definition) is 1. The van der Waals surface area contributed by atoms with Crippen LogP contribution < -0.4 is 5.32 Å². The number of benzene rings is 1. The molecule has 1 amide bonds. The van der Waals surface area contributed by atoms with E-state index >= 15 is 0 Å². The van der Waals surface area contributed by atoms with Crippen molar-refractivity contribution in [3.8, 4) is 0 Å². The van der Waals surface area contributed by atoms with Gasteiger partial charge in [-0.05, 0) is 17.7 Å². The Morgan fingerprint density at radius 3 is 2.74 bits per heavy atom. The SMILES string of the molecule is COC(=O)c1ccccc1Cn1cc(NC(=O)c2ccnn2C(F)F)cn1. The van der Waals surface area contributed by atoms with Crippen molar-refractivity contribution in [1.29, 1.82) is 0 Å². The molecule has 2 heterocycles. The molecule has 8 nitrogen and oxygen atoms in total. The summed E-state index contributed by atoms with van der Waals surface area (Å²) in [5, 5.41) is 10.0. The van der Waals surface area contributed by atoms with Crippen LogP contribution in [-0.2, 0) is 11.3 Å². The number of aromatic nitrogens is 4. The lowest BCUT2D eigenvalue weighted by atomic mass is 10.1. The monoisotopic (exact) mass is 375 g/mol. The molecule has 0 saturated heterocycles. The van der Waals surface area contributed by atoms with Crippen molar-refractivity contribution in [2.45, 2.75) is 13.1 Å². The van der Waals surface area contributed by atoms with Gasteiger partial charge in [-0.2, -0.15) is 23.7 Å². The molecule has 0 aliphatic rings. The highest BCUT2D eigenvalue weighted by Crippen LogP contribution is 2.16. The molecule has 0 saturated carbocycles. The summed E-state index contributed by atoms with van der Waals surface area (Å²) < 4.78 is 32.2. The minimum absolute atomic E-state index is 0.260. The minimum Gasteiger partial charge on any atom is -0.465 e. The average Bonchev–Trinajstić information content (AvgIpc) is 3.31. The molecule has 10 heteroatoms. The number of esters is 1. The number of amides is 1. The molecule has 0 atom stereocenters. The molecule has 3 aromatic rings. The van der Waals surface area contributed by atoms with Crippen LogP contribution in [-0.4, -0.2) is 38.5 Å². The minimum atomic E-state index is -2.92. The van der Waals surface area contributed by atoms with Crippen LogP contribution in [0.25, 0.3) is 0 Å². The normalized spacial score (nSPS) is 10.8. The Morgan fingerprint density at radius 2 is 2.00 bits per heavy atom. The molecule has 0 bridgehead atoms. The van der Waals surface area contributed by atoms with Crippen LogP contribution in [0.15, 0.2) is 48.9 Å². The van der Waals surface area contributed by atoms with Gasteiger partial charge in [-0.15, -0.1) is 0 Å². The molecule has 0 fully saturated rings. The van der Waals surface area contributed by atoms with Crippen LogP contribution >= 0.6 is 0 Å². The van der Waals surface area contributed by atoms with Crippen molar-refractivity contribution in [3.05, 3.63) is 65.7 Å². The maximum absolute atomic E-state index is 12.8. The summed E-state index contributed by atoms with van der Waals surface area (Å²) in [4.78, 5) is 24.0. The van der Waals surface area contributed by atoms with Crippen LogP contribution in [0.4, 0.5) is 14.5 Å². The quantitative estimate of drug-likeness (QED) is 0.669. The first-order chi connectivity index (χ1) is 13.0. The zero-order chi connectivity index (χ0) is 19.4. The number of ether oxygens (including phenoxy) is 1. The maximum Gasteiger partial charge on any atom is 0.338 e. The summed E-state index contributed by atoms with van der Waals surface area (Å²) in [7, 11) is 1.30. The van der Waals surface area contributed by atoms with Crippen LogP contribution in [0, 0.1) is 0 Å². The fraction of sp³-hybridized carbons (Fsp3) is 0.176. The molecule has 140 valence electrons. The number of halogens is 2. The standard InChI is InChI=1S/C17H15F2N5O3/c1-27-16(26)13-5-3-2-4-11(13)9-23-10-12(8-21-23)22-15(25)14-6-7-20-24(14)17(18)19/h2-8,10,17H,9H2,1H3,(H,22,25). The first kappa shape index (κ1) is 18.2. The highest BCUT2D eigenvalue weighted by atomic mass is 19.3. The van der Waals surface area contributed by atoms with E-state index in [0.29, 0.717) is 21.5 Å². The van der Waals surface area contributed by atoms with Crippen LogP contribution in [0.2, 0.25) is 0 Å². The molecular formula is C17H15F2N5O3. The molecule has 3 rings (SSSR count). The molecule has 1 aromatic carbocycles. The van der Waals surface area contributed by atoms with Gasteiger partial charge < -0.3 is 10.1 Å².